The van der Waals surface area contributed by atoms with Gasteiger partial charge in [-0.3, -0.25) is 0 Å². The van der Waals surface area contributed by atoms with Crippen LogP contribution in [0.4, 0.5) is 11.5 Å². The molecule has 21 heavy (non-hydrogen) atoms. The molecule has 0 saturated carbocycles. The van der Waals surface area contributed by atoms with Crippen molar-refractivity contribution in [2.24, 2.45) is 0 Å². The molecule has 0 spiro atoms. The summed E-state index contributed by atoms with van der Waals surface area (Å²) in [6, 6.07) is 14.6. The highest BCUT2D eigenvalue weighted by Gasteiger charge is 2.16. The van der Waals surface area contributed by atoms with Gasteiger partial charge in [0.1, 0.15) is 5.65 Å². The molecule has 0 aliphatic rings. The number of aryl methyl sites for hydroxylation is 1. The van der Waals surface area contributed by atoms with Crippen molar-refractivity contribution in [3.8, 4) is 0 Å². The van der Waals surface area contributed by atoms with E-state index in [2.05, 4.69) is 59.1 Å². The molecule has 0 bridgehead atoms. The Morgan fingerprint density at radius 3 is 2.62 bits per heavy atom. The van der Waals surface area contributed by atoms with Gasteiger partial charge in [0.25, 0.3) is 0 Å². The molecule has 0 saturated heterocycles. The molecule has 3 aromatic rings. The van der Waals surface area contributed by atoms with E-state index in [0.717, 1.165) is 29.4 Å². The molecule has 0 atom stereocenters. The number of hydrogen-bond donors (Lipinski definition) is 1. The molecule has 0 radical (unpaired) electrons. The van der Waals surface area contributed by atoms with Crippen molar-refractivity contribution >= 4 is 17.2 Å². The van der Waals surface area contributed by atoms with E-state index in [4.69, 9.17) is 4.98 Å². The summed E-state index contributed by atoms with van der Waals surface area (Å²) in [5.41, 5.74) is 4.53. The molecule has 2 heterocycles. The summed E-state index contributed by atoms with van der Waals surface area (Å²) in [5, 5.41) is 3.23. The van der Waals surface area contributed by atoms with Crippen LogP contribution in [0.2, 0.25) is 0 Å². The zero-order valence-corrected chi connectivity index (χ0v) is 12.7. The topological polar surface area (TPSA) is 32.6 Å². The number of nitrogens with one attached hydrogen (secondary N) is 1. The number of fused-ring (bicyclic) bond motifs is 1. The van der Waals surface area contributed by atoms with E-state index in [1.165, 1.54) is 5.56 Å². The maximum Gasteiger partial charge on any atom is 0.156 e. The SMILES string of the molecule is CNCc1c(N(C)c2ccc(C)cc2)nc2ccccn12. The van der Waals surface area contributed by atoms with Crippen molar-refractivity contribution < 1.29 is 0 Å². The number of imidazole rings is 1. The van der Waals surface area contributed by atoms with Gasteiger partial charge in [0, 0.05) is 25.5 Å². The number of rotatable bonds is 4. The van der Waals surface area contributed by atoms with Crippen LogP contribution >= 0.6 is 0 Å². The Balaban J connectivity index is 2.10. The normalized spacial score (nSPS) is 11.0. The fraction of sp³-hybridized carbons (Fsp3) is 0.235. The van der Waals surface area contributed by atoms with Crippen molar-refractivity contribution in [2.75, 3.05) is 19.0 Å². The average molecular weight is 280 g/mol. The smallest absolute Gasteiger partial charge is 0.156 e. The van der Waals surface area contributed by atoms with Crippen molar-refractivity contribution in [3.63, 3.8) is 0 Å². The first kappa shape index (κ1) is 13.6. The standard InChI is InChI=1S/C17H20N4/c1-13-7-9-14(10-8-13)20(3)17-15(12-18-2)21-11-5-4-6-16(21)19-17/h4-11,18H,12H2,1-3H3. The van der Waals surface area contributed by atoms with Crippen molar-refractivity contribution in [2.45, 2.75) is 13.5 Å². The molecule has 108 valence electrons. The Bertz CT molecular complexity index is 743. The zero-order chi connectivity index (χ0) is 14.8. The van der Waals surface area contributed by atoms with Crippen LogP contribution in [0.15, 0.2) is 48.7 Å². The maximum absolute atomic E-state index is 4.78. The minimum absolute atomic E-state index is 0.775. The van der Waals surface area contributed by atoms with Crippen LogP contribution in [0.1, 0.15) is 11.3 Å². The predicted octanol–water partition coefficient (Wildman–Crippen LogP) is 3.13. The number of aromatic nitrogens is 2. The average Bonchev–Trinajstić information content (AvgIpc) is 2.87. The van der Waals surface area contributed by atoms with E-state index < -0.39 is 0 Å². The van der Waals surface area contributed by atoms with E-state index >= 15 is 0 Å². The van der Waals surface area contributed by atoms with Crippen LogP contribution in [0.5, 0.6) is 0 Å². The minimum Gasteiger partial charge on any atom is -0.328 e. The highest BCUT2D eigenvalue weighted by Crippen LogP contribution is 2.27. The number of nitrogens with zero attached hydrogens (tertiary/aromatic N) is 3. The molecule has 4 nitrogen and oxygen atoms in total. The van der Waals surface area contributed by atoms with Gasteiger partial charge in [0.15, 0.2) is 5.82 Å². The van der Waals surface area contributed by atoms with E-state index in [9.17, 15) is 0 Å². The van der Waals surface area contributed by atoms with E-state index in [0.29, 0.717) is 0 Å². The summed E-state index contributed by atoms with van der Waals surface area (Å²) in [7, 11) is 4.02. The molecule has 1 N–H and O–H groups in total. The maximum atomic E-state index is 4.78. The molecular weight excluding hydrogens is 260 g/mol. The first-order valence-corrected chi connectivity index (χ1v) is 7.11. The van der Waals surface area contributed by atoms with Gasteiger partial charge < -0.3 is 14.6 Å². The lowest BCUT2D eigenvalue weighted by atomic mass is 10.2. The number of benzene rings is 1. The summed E-state index contributed by atoms with van der Waals surface area (Å²) in [6.45, 7) is 2.87. The largest absolute Gasteiger partial charge is 0.328 e. The van der Waals surface area contributed by atoms with Gasteiger partial charge in [0.2, 0.25) is 0 Å². The van der Waals surface area contributed by atoms with Crippen molar-refractivity contribution in [1.82, 2.24) is 14.7 Å². The second kappa shape index (κ2) is 5.58. The van der Waals surface area contributed by atoms with E-state index in [-0.39, 0.29) is 0 Å². The number of anilines is 2. The lowest BCUT2D eigenvalue weighted by Gasteiger charge is -2.18. The summed E-state index contributed by atoms with van der Waals surface area (Å²) in [5.74, 6) is 0.986. The van der Waals surface area contributed by atoms with Gasteiger partial charge in [-0.2, -0.15) is 0 Å². The van der Waals surface area contributed by atoms with Crippen LogP contribution in [0, 0.1) is 6.92 Å². The first-order valence-electron chi connectivity index (χ1n) is 7.11. The van der Waals surface area contributed by atoms with Crippen molar-refractivity contribution in [1.29, 1.82) is 0 Å². The van der Waals surface area contributed by atoms with Gasteiger partial charge in [-0.15, -0.1) is 0 Å². The highest BCUT2D eigenvalue weighted by molar-refractivity contribution is 5.65. The van der Waals surface area contributed by atoms with Crippen molar-refractivity contribution in [3.05, 3.63) is 59.9 Å². The third kappa shape index (κ3) is 2.50. The van der Waals surface area contributed by atoms with Gasteiger partial charge in [-0.25, -0.2) is 4.98 Å². The van der Waals surface area contributed by atoms with Gasteiger partial charge in [-0.05, 0) is 38.2 Å². The molecule has 4 heteroatoms. The molecule has 0 fully saturated rings. The summed E-state index contributed by atoms with van der Waals surface area (Å²) in [6.07, 6.45) is 2.06. The molecule has 0 aliphatic carbocycles. The Hall–Kier alpha value is -2.33. The Morgan fingerprint density at radius 1 is 1.14 bits per heavy atom. The highest BCUT2D eigenvalue weighted by atomic mass is 15.2. The molecule has 0 aliphatic heterocycles. The number of pyridine rings is 1. The summed E-state index contributed by atoms with van der Waals surface area (Å²) in [4.78, 5) is 6.92. The predicted molar refractivity (Wildman–Crippen MR) is 87.2 cm³/mol. The monoisotopic (exact) mass is 280 g/mol. The van der Waals surface area contributed by atoms with Crippen LogP contribution < -0.4 is 10.2 Å². The second-order valence-corrected chi connectivity index (χ2v) is 5.24. The molecular formula is C17H20N4. The summed E-state index contributed by atoms with van der Waals surface area (Å²) >= 11 is 0. The molecule has 1 aromatic carbocycles. The Kier molecular flexibility index (Phi) is 3.62. The van der Waals surface area contributed by atoms with Gasteiger partial charge in [-0.1, -0.05) is 23.8 Å². The molecule has 2 aromatic heterocycles. The first-order chi connectivity index (χ1) is 10.2. The van der Waals surface area contributed by atoms with E-state index in [1.807, 2.05) is 25.2 Å². The third-order valence-corrected chi connectivity index (χ3v) is 3.69. The molecule has 0 unspecified atom stereocenters. The third-order valence-electron chi connectivity index (χ3n) is 3.69. The van der Waals surface area contributed by atoms with Gasteiger partial charge in [0.05, 0.1) is 5.69 Å². The lowest BCUT2D eigenvalue weighted by molar-refractivity contribution is 0.780. The second-order valence-electron chi connectivity index (χ2n) is 5.24. The number of hydrogen-bond acceptors (Lipinski definition) is 3. The van der Waals surface area contributed by atoms with Crippen LogP contribution in [0.25, 0.3) is 5.65 Å². The zero-order valence-electron chi connectivity index (χ0n) is 12.7. The lowest BCUT2D eigenvalue weighted by Crippen LogP contribution is -2.15. The van der Waals surface area contributed by atoms with Gasteiger partial charge >= 0.3 is 0 Å². The molecule has 0 amide bonds. The minimum atomic E-state index is 0.775. The fourth-order valence-corrected chi connectivity index (χ4v) is 2.53. The van der Waals surface area contributed by atoms with E-state index in [1.54, 1.807) is 0 Å². The Morgan fingerprint density at radius 2 is 1.90 bits per heavy atom. The quantitative estimate of drug-likeness (QED) is 0.797. The Labute approximate surface area is 125 Å². The molecule has 3 rings (SSSR count). The van der Waals surface area contributed by atoms with Crippen LogP contribution in [-0.4, -0.2) is 23.5 Å². The fourth-order valence-electron chi connectivity index (χ4n) is 2.53. The summed E-state index contributed by atoms with van der Waals surface area (Å²) < 4.78 is 2.14. The van der Waals surface area contributed by atoms with Crippen LogP contribution in [0.3, 0.4) is 0 Å². The van der Waals surface area contributed by atoms with Crippen LogP contribution in [-0.2, 0) is 6.54 Å².